The fourth-order valence-electron chi connectivity index (χ4n) is 2.12. The minimum absolute atomic E-state index is 0.107. The Morgan fingerprint density at radius 1 is 1.40 bits per heavy atom. The van der Waals surface area contributed by atoms with Gasteiger partial charge in [-0.15, -0.1) is 11.3 Å². The zero-order valence-corrected chi connectivity index (χ0v) is 15.2. The Morgan fingerprint density at radius 3 is 2.96 bits per heavy atom. The van der Waals surface area contributed by atoms with Crippen LogP contribution < -0.4 is 15.6 Å². The topological polar surface area (TPSA) is 72.7 Å². The molecule has 0 aliphatic rings. The number of nitrogens with zero attached hydrogens (tertiary/aromatic N) is 2. The average molecular weight is 378 g/mol. The molecule has 1 N–H and O–H groups in total. The lowest BCUT2D eigenvalue weighted by molar-refractivity contribution is -0.118. The molecule has 25 heavy (non-hydrogen) atoms. The van der Waals surface area contributed by atoms with Gasteiger partial charge in [0.2, 0.25) is 5.91 Å². The van der Waals surface area contributed by atoms with Crippen LogP contribution in [0.15, 0.2) is 40.6 Å². The molecule has 0 saturated heterocycles. The highest BCUT2D eigenvalue weighted by atomic mass is 35.5. The van der Waals surface area contributed by atoms with Crippen LogP contribution in [0.1, 0.15) is 19.5 Å². The standard InChI is InChI=1S/C17H16ClN3O3S/c1-10(2)16(23)20-13-7-11(18)3-4-14(13)24-9-12-8-15(22)21-5-6-25-17(21)19-12/h3-8,10H,9H2,1-2H3,(H,20,23). The molecular formula is C17H16ClN3O3S. The summed E-state index contributed by atoms with van der Waals surface area (Å²) in [5, 5.41) is 5.08. The Kier molecular flexibility index (Phi) is 5.06. The number of nitrogens with one attached hydrogen (secondary N) is 1. The van der Waals surface area contributed by atoms with E-state index >= 15 is 0 Å². The summed E-state index contributed by atoms with van der Waals surface area (Å²) in [6.45, 7) is 3.71. The van der Waals surface area contributed by atoms with E-state index in [0.29, 0.717) is 27.1 Å². The van der Waals surface area contributed by atoms with Gasteiger partial charge in [-0.25, -0.2) is 4.98 Å². The van der Waals surface area contributed by atoms with Crippen LogP contribution in [0.2, 0.25) is 5.02 Å². The van der Waals surface area contributed by atoms with E-state index in [1.807, 2.05) is 0 Å². The average Bonchev–Trinajstić information content (AvgIpc) is 3.03. The Balaban J connectivity index is 1.82. The maximum Gasteiger partial charge on any atom is 0.258 e. The third-order valence-corrected chi connectivity index (χ3v) is 4.45. The predicted octanol–water partition coefficient (Wildman–Crippen LogP) is 3.58. The van der Waals surface area contributed by atoms with Gasteiger partial charge < -0.3 is 10.1 Å². The number of anilines is 1. The second-order valence-corrected chi connectivity index (χ2v) is 7.02. The molecule has 0 atom stereocenters. The quantitative estimate of drug-likeness (QED) is 0.737. The van der Waals surface area contributed by atoms with Crippen LogP contribution in [0.3, 0.4) is 0 Å². The number of hydrogen-bond acceptors (Lipinski definition) is 5. The van der Waals surface area contributed by atoms with Crippen LogP contribution in [0.25, 0.3) is 4.96 Å². The number of ether oxygens (including phenoxy) is 1. The molecule has 1 amide bonds. The first-order valence-electron chi connectivity index (χ1n) is 7.63. The van der Waals surface area contributed by atoms with E-state index in [4.69, 9.17) is 16.3 Å². The van der Waals surface area contributed by atoms with E-state index in [1.54, 1.807) is 43.6 Å². The van der Waals surface area contributed by atoms with Crippen molar-refractivity contribution in [2.24, 2.45) is 5.92 Å². The Morgan fingerprint density at radius 2 is 2.20 bits per heavy atom. The van der Waals surface area contributed by atoms with Crippen molar-refractivity contribution in [3.05, 3.63) is 56.9 Å². The summed E-state index contributed by atoms with van der Waals surface area (Å²) in [6, 6.07) is 6.41. The number of benzene rings is 1. The minimum Gasteiger partial charge on any atom is -0.485 e. The first-order chi connectivity index (χ1) is 11.9. The molecule has 0 radical (unpaired) electrons. The van der Waals surface area contributed by atoms with E-state index in [-0.39, 0.29) is 24.0 Å². The van der Waals surface area contributed by atoms with Gasteiger partial charge in [0.25, 0.3) is 5.56 Å². The highest BCUT2D eigenvalue weighted by Gasteiger charge is 2.12. The van der Waals surface area contributed by atoms with Gasteiger partial charge in [0.05, 0.1) is 11.4 Å². The van der Waals surface area contributed by atoms with Crippen molar-refractivity contribution in [1.29, 1.82) is 0 Å². The third kappa shape index (κ3) is 4.00. The SMILES string of the molecule is CC(C)C(=O)Nc1cc(Cl)ccc1OCc1cc(=O)n2ccsc2n1. The molecule has 2 aromatic heterocycles. The van der Waals surface area contributed by atoms with Gasteiger partial charge in [0.1, 0.15) is 12.4 Å². The van der Waals surface area contributed by atoms with Crippen molar-refractivity contribution in [3.63, 3.8) is 0 Å². The van der Waals surface area contributed by atoms with Crippen molar-refractivity contribution in [2.45, 2.75) is 20.5 Å². The molecule has 1 aromatic carbocycles. The smallest absolute Gasteiger partial charge is 0.258 e. The maximum atomic E-state index is 12.0. The summed E-state index contributed by atoms with van der Waals surface area (Å²) in [6.07, 6.45) is 1.68. The van der Waals surface area contributed by atoms with E-state index in [0.717, 1.165) is 0 Å². The summed E-state index contributed by atoms with van der Waals surface area (Å²) in [4.78, 5) is 28.9. The molecule has 0 spiro atoms. The van der Waals surface area contributed by atoms with Gasteiger partial charge in [-0.05, 0) is 18.2 Å². The summed E-state index contributed by atoms with van der Waals surface area (Å²) in [7, 11) is 0. The Hall–Kier alpha value is -2.38. The number of fused-ring (bicyclic) bond motifs is 1. The fraction of sp³-hybridized carbons (Fsp3) is 0.235. The maximum absolute atomic E-state index is 12.0. The van der Waals surface area contributed by atoms with Crippen LogP contribution >= 0.6 is 22.9 Å². The monoisotopic (exact) mass is 377 g/mol. The molecule has 3 rings (SSSR count). The van der Waals surface area contributed by atoms with E-state index < -0.39 is 0 Å². The molecule has 130 valence electrons. The van der Waals surface area contributed by atoms with Crippen molar-refractivity contribution in [3.8, 4) is 5.75 Å². The van der Waals surface area contributed by atoms with E-state index in [2.05, 4.69) is 10.3 Å². The Labute approximate surface area is 153 Å². The zero-order valence-electron chi connectivity index (χ0n) is 13.7. The lowest BCUT2D eigenvalue weighted by Crippen LogP contribution is -2.18. The van der Waals surface area contributed by atoms with Gasteiger partial charge >= 0.3 is 0 Å². The fourth-order valence-corrected chi connectivity index (χ4v) is 3.03. The molecule has 0 aliphatic heterocycles. The van der Waals surface area contributed by atoms with E-state index in [9.17, 15) is 9.59 Å². The first kappa shape index (κ1) is 17.4. The largest absolute Gasteiger partial charge is 0.485 e. The lowest BCUT2D eigenvalue weighted by Gasteiger charge is -2.14. The van der Waals surface area contributed by atoms with Crippen LogP contribution in [0, 0.1) is 5.92 Å². The summed E-state index contributed by atoms with van der Waals surface area (Å²) in [5.41, 5.74) is 0.845. The second-order valence-electron chi connectivity index (χ2n) is 5.71. The van der Waals surface area contributed by atoms with Crippen LogP contribution in [-0.4, -0.2) is 15.3 Å². The molecule has 0 bridgehead atoms. The molecular weight excluding hydrogens is 362 g/mol. The summed E-state index contributed by atoms with van der Waals surface area (Å²) >= 11 is 7.38. The second kappa shape index (κ2) is 7.25. The van der Waals surface area contributed by atoms with Crippen molar-refractivity contribution in [1.82, 2.24) is 9.38 Å². The number of thiazole rings is 1. The van der Waals surface area contributed by atoms with Crippen molar-refractivity contribution >= 4 is 39.5 Å². The zero-order chi connectivity index (χ0) is 18.0. The van der Waals surface area contributed by atoms with Crippen LogP contribution in [0.5, 0.6) is 5.75 Å². The van der Waals surface area contributed by atoms with Crippen LogP contribution in [-0.2, 0) is 11.4 Å². The number of amides is 1. The number of hydrogen-bond donors (Lipinski definition) is 1. The molecule has 0 saturated carbocycles. The lowest BCUT2D eigenvalue weighted by atomic mass is 10.2. The normalized spacial score (nSPS) is 11.0. The molecule has 8 heteroatoms. The van der Waals surface area contributed by atoms with Crippen molar-refractivity contribution < 1.29 is 9.53 Å². The molecule has 3 aromatic rings. The molecule has 0 aliphatic carbocycles. The number of rotatable bonds is 5. The minimum atomic E-state index is -0.171. The molecule has 6 nitrogen and oxygen atoms in total. The van der Waals surface area contributed by atoms with Gasteiger partial charge in [-0.2, -0.15) is 0 Å². The predicted molar refractivity (Wildman–Crippen MR) is 98.6 cm³/mol. The molecule has 0 unspecified atom stereocenters. The van der Waals surface area contributed by atoms with Gasteiger partial charge in [0.15, 0.2) is 4.96 Å². The number of halogens is 1. The van der Waals surface area contributed by atoms with Gasteiger partial charge in [0, 0.05) is 28.6 Å². The molecule has 0 fully saturated rings. The number of carbonyl (C=O) groups is 1. The number of aromatic nitrogens is 2. The highest BCUT2D eigenvalue weighted by Crippen LogP contribution is 2.29. The summed E-state index contributed by atoms with van der Waals surface area (Å²) < 4.78 is 7.24. The van der Waals surface area contributed by atoms with E-state index in [1.165, 1.54) is 21.8 Å². The van der Waals surface area contributed by atoms with Gasteiger partial charge in [-0.1, -0.05) is 25.4 Å². The van der Waals surface area contributed by atoms with Gasteiger partial charge in [-0.3, -0.25) is 14.0 Å². The number of carbonyl (C=O) groups excluding carboxylic acids is 1. The Bertz CT molecular complexity index is 981. The first-order valence-corrected chi connectivity index (χ1v) is 8.89. The third-order valence-electron chi connectivity index (χ3n) is 3.46. The van der Waals surface area contributed by atoms with Crippen LogP contribution in [0.4, 0.5) is 5.69 Å². The van der Waals surface area contributed by atoms with Crippen molar-refractivity contribution in [2.75, 3.05) is 5.32 Å². The molecule has 2 heterocycles. The summed E-state index contributed by atoms with van der Waals surface area (Å²) in [5.74, 6) is 0.157. The highest BCUT2D eigenvalue weighted by molar-refractivity contribution is 7.15.